The number of hydrogen-bond donors (Lipinski definition) is 0. The predicted molar refractivity (Wildman–Crippen MR) is 64.4 cm³/mol. The summed E-state index contributed by atoms with van der Waals surface area (Å²) in [5.74, 6) is -0.537. The highest BCUT2D eigenvalue weighted by molar-refractivity contribution is 9.12. The molecule has 84 valence electrons. The van der Waals surface area contributed by atoms with Crippen LogP contribution in [0.4, 0.5) is 0 Å². The van der Waals surface area contributed by atoms with Gasteiger partial charge >= 0.3 is 11.9 Å². The molecule has 0 unspecified atom stereocenters. The van der Waals surface area contributed by atoms with Gasteiger partial charge in [0.15, 0.2) is 0 Å². The van der Waals surface area contributed by atoms with Crippen LogP contribution in [0.5, 0.6) is 0 Å². The Labute approximate surface area is 111 Å². The van der Waals surface area contributed by atoms with Gasteiger partial charge in [0.25, 0.3) is 0 Å². The first-order valence-electron chi connectivity index (χ1n) is 3.99. The lowest BCUT2D eigenvalue weighted by molar-refractivity contribution is 0.0556. The van der Waals surface area contributed by atoms with Gasteiger partial charge in [0, 0.05) is 0 Å². The van der Waals surface area contributed by atoms with Crippen LogP contribution in [-0.4, -0.2) is 23.3 Å². The predicted octanol–water partition coefficient (Wildman–Crippen LogP) is 3.11. The van der Waals surface area contributed by atoms with Crippen LogP contribution in [0.3, 0.4) is 0 Å². The van der Waals surface area contributed by atoms with Crippen molar-refractivity contribution in [2.45, 2.75) is 0 Å². The van der Waals surface area contributed by atoms with Crippen LogP contribution in [0.25, 0.3) is 11.5 Å². The number of aromatic nitrogens is 2. The molecular formula is C8H4Br2N2O3S. The Morgan fingerprint density at radius 3 is 2.81 bits per heavy atom. The van der Waals surface area contributed by atoms with E-state index in [0.717, 1.165) is 13.1 Å². The molecule has 0 N–H and O–H groups in total. The smallest absolute Gasteiger partial charge is 0.396 e. The first kappa shape index (κ1) is 11.7. The summed E-state index contributed by atoms with van der Waals surface area (Å²) in [6, 6.07) is 1.82. The summed E-state index contributed by atoms with van der Waals surface area (Å²) in [5.41, 5.74) is 0.736. The van der Waals surface area contributed by atoms with Crippen LogP contribution in [0.15, 0.2) is 18.1 Å². The number of methoxy groups -OCH3 is 1. The first-order valence-corrected chi connectivity index (χ1v) is 6.39. The lowest BCUT2D eigenvalue weighted by atomic mass is 10.3. The maximum Gasteiger partial charge on any atom is 0.396 e. The molecule has 2 aromatic rings. The van der Waals surface area contributed by atoms with Crippen LogP contribution in [0, 0.1) is 0 Å². The third-order valence-corrected chi connectivity index (χ3v) is 4.01. The van der Waals surface area contributed by atoms with E-state index < -0.39 is 5.97 Å². The molecule has 0 fully saturated rings. The monoisotopic (exact) mass is 366 g/mol. The van der Waals surface area contributed by atoms with Crippen LogP contribution >= 0.6 is 43.2 Å². The van der Waals surface area contributed by atoms with Crippen LogP contribution < -0.4 is 0 Å². The lowest BCUT2D eigenvalue weighted by Crippen LogP contribution is -2.00. The number of nitrogens with zero attached hydrogens (tertiary/aromatic N) is 2. The third-order valence-electron chi connectivity index (χ3n) is 1.67. The lowest BCUT2D eigenvalue weighted by Gasteiger charge is -1.90. The number of carbonyl (C=O) groups excluding carboxylic acids is 1. The first-order chi connectivity index (χ1) is 7.61. The Morgan fingerprint density at radius 1 is 1.50 bits per heavy atom. The maximum absolute atomic E-state index is 11.1. The Balaban J connectivity index is 2.38. The Morgan fingerprint density at radius 2 is 2.25 bits per heavy atom. The minimum absolute atomic E-state index is 0.160. The number of rotatable bonds is 2. The molecule has 0 atom stereocenters. The second kappa shape index (κ2) is 4.64. The molecule has 16 heavy (non-hydrogen) atoms. The Hall–Kier alpha value is -0.730. The van der Waals surface area contributed by atoms with Crippen LogP contribution in [0.1, 0.15) is 10.7 Å². The van der Waals surface area contributed by atoms with Gasteiger partial charge in [0.05, 0.1) is 20.2 Å². The molecule has 2 heterocycles. The highest BCUT2D eigenvalue weighted by Crippen LogP contribution is 2.37. The largest absolute Gasteiger partial charge is 0.462 e. The van der Waals surface area contributed by atoms with E-state index in [1.807, 2.05) is 6.07 Å². The molecule has 2 rings (SSSR count). The van der Waals surface area contributed by atoms with Crippen molar-refractivity contribution in [2.75, 3.05) is 7.11 Å². The average Bonchev–Trinajstić information content (AvgIpc) is 2.83. The highest BCUT2D eigenvalue weighted by Gasteiger charge is 2.18. The molecule has 0 aliphatic carbocycles. The van der Waals surface area contributed by atoms with Crippen molar-refractivity contribution >= 4 is 49.2 Å². The third kappa shape index (κ3) is 2.18. The summed E-state index contributed by atoms with van der Waals surface area (Å²) in [5, 5.41) is 7.36. The van der Waals surface area contributed by atoms with Crippen molar-refractivity contribution in [3.05, 3.63) is 19.5 Å². The number of halogens is 2. The SMILES string of the molecule is COC(=O)c1nnc(-c2cc(Br)sc2Br)o1. The van der Waals surface area contributed by atoms with E-state index >= 15 is 0 Å². The molecule has 0 aliphatic heterocycles. The fourth-order valence-corrected chi connectivity index (χ4v) is 3.77. The molecule has 8 heteroatoms. The van der Waals surface area contributed by atoms with Gasteiger partial charge in [-0.05, 0) is 37.9 Å². The minimum atomic E-state index is -0.649. The van der Waals surface area contributed by atoms with Crippen molar-refractivity contribution in [1.82, 2.24) is 10.2 Å². The summed E-state index contributed by atoms with van der Waals surface area (Å²) >= 11 is 8.18. The molecule has 0 aliphatic rings. The average molecular weight is 368 g/mol. The van der Waals surface area contributed by atoms with Gasteiger partial charge in [-0.1, -0.05) is 0 Å². The fourth-order valence-electron chi connectivity index (χ4n) is 0.988. The van der Waals surface area contributed by atoms with E-state index in [1.165, 1.54) is 18.4 Å². The zero-order valence-electron chi connectivity index (χ0n) is 7.86. The van der Waals surface area contributed by atoms with E-state index in [0.29, 0.717) is 0 Å². The Bertz CT molecular complexity index is 537. The van der Waals surface area contributed by atoms with Gasteiger partial charge < -0.3 is 9.15 Å². The number of ether oxygens (including phenoxy) is 1. The minimum Gasteiger partial charge on any atom is -0.462 e. The van der Waals surface area contributed by atoms with E-state index in [-0.39, 0.29) is 11.8 Å². The highest BCUT2D eigenvalue weighted by atomic mass is 79.9. The second-order valence-corrected chi connectivity index (χ2v) is 6.39. The van der Waals surface area contributed by atoms with E-state index in [1.54, 1.807) is 0 Å². The molecule has 2 aromatic heterocycles. The van der Waals surface area contributed by atoms with E-state index in [4.69, 9.17) is 4.42 Å². The molecule has 0 bridgehead atoms. The fraction of sp³-hybridized carbons (Fsp3) is 0.125. The summed E-state index contributed by atoms with van der Waals surface area (Å²) < 4.78 is 11.4. The van der Waals surface area contributed by atoms with Gasteiger partial charge in [0.1, 0.15) is 0 Å². The Kier molecular flexibility index (Phi) is 3.41. The number of esters is 1. The molecule has 5 nitrogen and oxygen atoms in total. The quantitative estimate of drug-likeness (QED) is 0.763. The molecular weight excluding hydrogens is 364 g/mol. The topological polar surface area (TPSA) is 65.2 Å². The second-order valence-electron chi connectivity index (χ2n) is 2.64. The number of thiophene rings is 1. The molecule has 0 spiro atoms. The molecule has 0 amide bonds. The maximum atomic E-state index is 11.1. The van der Waals surface area contributed by atoms with Gasteiger partial charge in [-0.15, -0.1) is 21.5 Å². The van der Waals surface area contributed by atoms with Gasteiger partial charge in [-0.2, -0.15) is 0 Å². The molecule has 0 saturated carbocycles. The van der Waals surface area contributed by atoms with Gasteiger partial charge in [-0.3, -0.25) is 0 Å². The molecule has 0 aromatic carbocycles. The zero-order valence-corrected chi connectivity index (χ0v) is 11.8. The normalized spacial score (nSPS) is 10.4. The number of hydrogen-bond acceptors (Lipinski definition) is 6. The van der Waals surface area contributed by atoms with Crippen molar-refractivity contribution in [2.24, 2.45) is 0 Å². The van der Waals surface area contributed by atoms with E-state index in [2.05, 4.69) is 46.8 Å². The van der Waals surface area contributed by atoms with Crippen LogP contribution in [-0.2, 0) is 4.74 Å². The summed E-state index contributed by atoms with van der Waals surface area (Å²) in [4.78, 5) is 11.1. The molecule has 0 radical (unpaired) electrons. The van der Waals surface area contributed by atoms with Gasteiger partial charge in [0.2, 0.25) is 5.89 Å². The van der Waals surface area contributed by atoms with Crippen molar-refractivity contribution in [3.63, 3.8) is 0 Å². The number of carbonyl (C=O) groups is 1. The van der Waals surface area contributed by atoms with Crippen molar-refractivity contribution in [1.29, 1.82) is 0 Å². The summed E-state index contributed by atoms with van der Waals surface area (Å²) in [7, 11) is 1.25. The summed E-state index contributed by atoms with van der Waals surface area (Å²) in [6.45, 7) is 0. The van der Waals surface area contributed by atoms with E-state index in [9.17, 15) is 4.79 Å². The van der Waals surface area contributed by atoms with Crippen LogP contribution in [0.2, 0.25) is 0 Å². The van der Waals surface area contributed by atoms with Crippen molar-refractivity contribution < 1.29 is 13.9 Å². The zero-order chi connectivity index (χ0) is 11.7. The molecule has 0 saturated heterocycles. The van der Waals surface area contributed by atoms with Crippen molar-refractivity contribution in [3.8, 4) is 11.5 Å². The summed E-state index contributed by atoms with van der Waals surface area (Å²) in [6.07, 6.45) is 0. The standard InChI is InChI=1S/C8H4Br2N2O3S/c1-14-8(13)7-12-11-6(15-7)3-2-4(9)16-5(3)10/h2H,1H3. The van der Waals surface area contributed by atoms with Gasteiger partial charge in [-0.25, -0.2) is 4.79 Å².